The summed E-state index contributed by atoms with van der Waals surface area (Å²) >= 11 is 13.4. The lowest BCUT2D eigenvalue weighted by molar-refractivity contribution is -0.135. The number of halogens is 5. The van der Waals surface area contributed by atoms with Crippen LogP contribution in [0.3, 0.4) is 0 Å². The van der Waals surface area contributed by atoms with E-state index < -0.39 is 7.15 Å². The van der Waals surface area contributed by atoms with Crippen LogP contribution in [0.1, 0.15) is 33.2 Å². The number of rotatable bonds is 0. The van der Waals surface area contributed by atoms with Crippen molar-refractivity contribution in [3.63, 3.8) is 0 Å². The Morgan fingerprint density at radius 3 is 2.07 bits per heavy atom. The first-order chi connectivity index (χ1) is 14.0. The molecule has 1 unspecified atom stereocenters. The van der Waals surface area contributed by atoms with E-state index in [1.807, 2.05) is 16.1 Å². The first-order valence-electron chi connectivity index (χ1n) is 8.90. The Morgan fingerprint density at radius 1 is 0.967 bits per heavy atom. The van der Waals surface area contributed by atoms with Gasteiger partial charge in [0.25, 0.3) is 0 Å². The summed E-state index contributed by atoms with van der Waals surface area (Å²) in [6.45, 7) is 3.45. The molecule has 0 aromatic carbocycles. The minimum absolute atomic E-state index is 0. The van der Waals surface area contributed by atoms with Crippen LogP contribution < -0.4 is 0 Å². The van der Waals surface area contributed by atoms with Gasteiger partial charge in [0, 0.05) is 14.1 Å². The van der Waals surface area contributed by atoms with E-state index in [9.17, 15) is 14.0 Å². The number of fused-ring (bicyclic) bond motifs is 2. The number of carbonyl (C=O) groups is 2. The van der Waals surface area contributed by atoms with Gasteiger partial charge in [0.2, 0.25) is 11.8 Å². The average molecular weight is 683 g/mol. The van der Waals surface area contributed by atoms with Crippen LogP contribution >= 0.6 is 63.7 Å². The van der Waals surface area contributed by atoms with Gasteiger partial charge in [-0.15, -0.1) is 0 Å². The van der Waals surface area contributed by atoms with E-state index in [1.165, 1.54) is 0 Å². The van der Waals surface area contributed by atoms with E-state index >= 15 is 0 Å². The monoisotopic (exact) mass is 679 g/mol. The molecule has 0 fully saturated rings. The quantitative estimate of drug-likeness (QED) is 0.409. The number of amides is 2. The first-order valence-corrected chi connectivity index (χ1v) is 11.4. The summed E-state index contributed by atoms with van der Waals surface area (Å²) < 4.78 is 22.3. The molecule has 0 N–H and O–H groups in total. The fourth-order valence-electron chi connectivity index (χ4n) is 2.99. The minimum atomic E-state index is -1.00. The van der Waals surface area contributed by atoms with Gasteiger partial charge < -0.3 is 18.9 Å². The molecular weight excluding hydrogens is 659 g/mol. The van der Waals surface area contributed by atoms with Gasteiger partial charge in [-0.05, 0) is 70.6 Å². The molecule has 0 bridgehead atoms. The fraction of sp³-hybridized carbons (Fsp3) is 0.529. The number of likely N-dealkylation sites (N-methyl/N-ethyl adjacent to an activating group) is 2. The summed E-state index contributed by atoms with van der Waals surface area (Å²) in [5, 5.41) is 0. The molecule has 0 spiro atoms. The van der Waals surface area contributed by atoms with E-state index in [2.05, 4.69) is 73.7 Å². The zero-order chi connectivity index (χ0) is 22.7. The van der Waals surface area contributed by atoms with Crippen LogP contribution in [-0.2, 0) is 29.2 Å². The van der Waals surface area contributed by atoms with Crippen LogP contribution in [0.15, 0.2) is 18.7 Å². The molecule has 0 saturated heterocycles. The molecule has 2 aromatic heterocycles. The summed E-state index contributed by atoms with van der Waals surface area (Å²) in [4.78, 5) is 34.9. The van der Waals surface area contributed by atoms with Crippen molar-refractivity contribution in [2.75, 3.05) is 21.2 Å². The number of aromatic nitrogens is 4. The van der Waals surface area contributed by atoms with Crippen LogP contribution in [0.25, 0.3) is 0 Å². The second-order valence-electron chi connectivity index (χ2n) is 6.31. The Labute approximate surface area is 210 Å². The van der Waals surface area contributed by atoms with E-state index in [0.717, 1.165) is 20.6 Å². The third kappa shape index (κ3) is 5.33. The lowest BCUT2D eigenvalue weighted by Gasteiger charge is -2.29. The maximum absolute atomic E-state index is 11.7. The Kier molecular flexibility index (Phi) is 9.50. The molecule has 1 atom stereocenters. The van der Waals surface area contributed by atoms with Crippen LogP contribution in [0.5, 0.6) is 0 Å². The van der Waals surface area contributed by atoms with Gasteiger partial charge in [0.05, 0.1) is 33.0 Å². The Morgan fingerprint density at radius 2 is 1.47 bits per heavy atom. The topological polar surface area (TPSA) is 76.3 Å². The second kappa shape index (κ2) is 11.2. The summed E-state index contributed by atoms with van der Waals surface area (Å²) in [7, 11) is 2.59. The number of hydrogen-bond acceptors (Lipinski definition) is 4. The highest BCUT2D eigenvalue weighted by Crippen LogP contribution is 2.31. The molecule has 2 aliphatic rings. The van der Waals surface area contributed by atoms with Crippen molar-refractivity contribution < 1.29 is 15.4 Å². The van der Waals surface area contributed by atoms with Crippen molar-refractivity contribution in [1.29, 1.82) is 0 Å². The highest BCUT2D eigenvalue weighted by molar-refractivity contribution is 9.11. The van der Waals surface area contributed by atoms with Crippen LogP contribution in [0.4, 0.5) is 4.39 Å². The standard InChI is InChI=1S/C8H9Br2N3O.C7H7Br2N3O.CH3F.CH4/c1-4-7(14)12(2)3-5-6(9)11-8(10)13(4)5;1-11-2-4-6(8)10-7(9)12(4)3-5(11)13;1-2;/h4H,3H2,1-2H3;2-3H2,1H3;1H3;1H4/i;;1D;. The Bertz CT molecular complexity index is 954. The second-order valence-corrected chi connectivity index (χ2v) is 9.23. The zero-order valence-electron chi connectivity index (χ0n) is 16.8. The molecule has 0 saturated carbocycles. The lowest BCUT2D eigenvalue weighted by Crippen LogP contribution is -2.38. The van der Waals surface area contributed by atoms with Crippen LogP contribution in [0.2, 0.25) is 0 Å². The molecule has 2 aliphatic heterocycles. The normalized spacial score (nSPS) is 17.6. The maximum atomic E-state index is 11.7. The number of carbonyl (C=O) groups excluding carboxylic acids is 2. The molecule has 13 heteroatoms. The SMILES string of the molecule is C.CC1C(=O)N(C)Cc2c(Br)nc(Br)n21.CN1Cc2c(Br)nc(Br)n2CC1=O.[2H]CF. The van der Waals surface area contributed by atoms with Gasteiger partial charge in [-0.25, -0.2) is 9.97 Å². The third-order valence-electron chi connectivity index (χ3n) is 4.51. The first kappa shape index (κ1) is 25.5. The molecule has 2 amide bonds. The van der Waals surface area contributed by atoms with E-state index in [0.29, 0.717) is 29.1 Å². The molecule has 30 heavy (non-hydrogen) atoms. The van der Waals surface area contributed by atoms with Crippen molar-refractivity contribution in [3.05, 3.63) is 30.1 Å². The van der Waals surface area contributed by atoms with E-state index in [4.69, 9.17) is 1.37 Å². The molecule has 0 radical (unpaired) electrons. The smallest absolute Gasteiger partial charge is 0.245 e. The van der Waals surface area contributed by atoms with Crippen LogP contribution in [-0.4, -0.2) is 62.0 Å². The van der Waals surface area contributed by atoms with E-state index in [1.54, 1.807) is 23.9 Å². The van der Waals surface area contributed by atoms with Crippen molar-refractivity contribution in [2.45, 2.75) is 40.0 Å². The summed E-state index contributed by atoms with van der Waals surface area (Å²) in [5.74, 6) is 0.223. The van der Waals surface area contributed by atoms with Crippen molar-refractivity contribution in [1.82, 2.24) is 28.9 Å². The zero-order valence-corrected chi connectivity index (χ0v) is 22.1. The highest BCUT2D eigenvalue weighted by Gasteiger charge is 2.31. The predicted molar refractivity (Wildman–Crippen MR) is 127 cm³/mol. The highest BCUT2D eigenvalue weighted by atomic mass is 79.9. The van der Waals surface area contributed by atoms with E-state index in [-0.39, 0.29) is 25.3 Å². The third-order valence-corrected chi connectivity index (χ3v) is 6.94. The maximum Gasteiger partial charge on any atom is 0.245 e. The van der Waals surface area contributed by atoms with Gasteiger partial charge in [0.15, 0.2) is 9.47 Å². The largest absolute Gasteiger partial charge is 0.338 e. The molecule has 4 rings (SSSR count). The van der Waals surface area contributed by atoms with Crippen molar-refractivity contribution >= 4 is 75.5 Å². The van der Waals surface area contributed by atoms with Crippen molar-refractivity contribution in [2.24, 2.45) is 0 Å². The molecular formula is C17H23Br4FN6O2. The lowest BCUT2D eigenvalue weighted by atomic mass is 10.2. The molecule has 8 nitrogen and oxygen atoms in total. The van der Waals surface area contributed by atoms with Gasteiger partial charge in [-0.2, -0.15) is 0 Å². The van der Waals surface area contributed by atoms with Gasteiger partial charge in [-0.1, -0.05) is 7.43 Å². The van der Waals surface area contributed by atoms with Gasteiger partial charge in [-0.3, -0.25) is 14.0 Å². The summed E-state index contributed by atoms with van der Waals surface area (Å²) in [6.07, 6.45) is 0. The average Bonchev–Trinajstić information content (AvgIpc) is 3.10. The minimum Gasteiger partial charge on any atom is -0.338 e. The number of alkyl halides is 1. The number of hydrogen-bond donors (Lipinski definition) is 0. The summed E-state index contributed by atoms with van der Waals surface area (Å²) in [5.41, 5.74) is 2.07. The predicted octanol–water partition coefficient (Wildman–Crippen LogP) is 4.54. The fourth-order valence-corrected chi connectivity index (χ4v) is 5.67. The molecule has 168 valence electrons. The van der Waals surface area contributed by atoms with Crippen LogP contribution in [0, 0.1) is 0 Å². The summed E-state index contributed by atoms with van der Waals surface area (Å²) in [6, 6.07) is -0.183. The molecule has 4 heterocycles. The number of imidazole rings is 2. The Hall–Kier alpha value is -0.790. The number of nitrogens with zero attached hydrogens (tertiary/aromatic N) is 6. The van der Waals surface area contributed by atoms with Gasteiger partial charge in [0.1, 0.15) is 21.8 Å². The molecule has 0 aliphatic carbocycles. The molecule has 2 aromatic rings. The Balaban J connectivity index is 0.000000268. The van der Waals surface area contributed by atoms with Crippen molar-refractivity contribution in [3.8, 4) is 0 Å². The van der Waals surface area contributed by atoms with Gasteiger partial charge >= 0.3 is 0 Å².